The molecule has 1 aliphatic heterocycles. The molecule has 0 atom stereocenters. The largest absolute Gasteiger partial charge is 0.457 e. The molecule has 1 spiro atoms. The number of sulfonamides is 1. The van der Waals surface area contributed by atoms with Gasteiger partial charge in [-0.15, -0.1) is 11.6 Å². The van der Waals surface area contributed by atoms with Crippen LogP contribution in [0, 0.1) is 5.41 Å². The van der Waals surface area contributed by atoms with Crippen molar-refractivity contribution in [3.63, 3.8) is 0 Å². The molecule has 0 bridgehead atoms. The van der Waals surface area contributed by atoms with E-state index in [2.05, 4.69) is 9.97 Å². The third-order valence-electron chi connectivity index (χ3n) is 6.58. The van der Waals surface area contributed by atoms with Gasteiger partial charge in [0, 0.05) is 24.9 Å². The molecule has 1 aliphatic carbocycles. The molecule has 178 valence electrons. The number of para-hydroxylation sites is 1. The van der Waals surface area contributed by atoms with Crippen molar-refractivity contribution in [2.75, 3.05) is 36.2 Å². The van der Waals surface area contributed by atoms with Crippen LogP contribution in [-0.4, -0.2) is 47.4 Å². The summed E-state index contributed by atoms with van der Waals surface area (Å²) in [4.78, 5) is 9.10. The van der Waals surface area contributed by atoms with E-state index in [4.69, 9.17) is 27.8 Å². The molecule has 0 radical (unpaired) electrons. The van der Waals surface area contributed by atoms with Crippen LogP contribution < -0.4 is 16.2 Å². The number of halogens is 1. The van der Waals surface area contributed by atoms with Crippen molar-refractivity contribution in [1.29, 1.82) is 0 Å². The Morgan fingerprint density at radius 3 is 2.15 bits per heavy atom. The van der Waals surface area contributed by atoms with Gasteiger partial charge in [0.1, 0.15) is 29.0 Å². The Morgan fingerprint density at radius 2 is 1.56 bits per heavy atom. The van der Waals surface area contributed by atoms with Crippen LogP contribution in [0.4, 0.5) is 11.6 Å². The van der Waals surface area contributed by atoms with E-state index in [1.807, 2.05) is 54.6 Å². The fraction of sp³-hybridized carbons (Fsp3) is 0.333. The molecule has 2 fully saturated rings. The van der Waals surface area contributed by atoms with E-state index < -0.39 is 10.0 Å². The van der Waals surface area contributed by atoms with Crippen LogP contribution in [-0.2, 0) is 10.0 Å². The molecule has 10 heteroatoms. The van der Waals surface area contributed by atoms with E-state index in [9.17, 15) is 8.42 Å². The van der Waals surface area contributed by atoms with E-state index >= 15 is 0 Å². The number of hydrogen-bond donors (Lipinski definition) is 2. The lowest BCUT2D eigenvalue weighted by Crippen LogP contribution is -2.63. The van der Waals surface area contributed by atoms with Crippen molar-refractivity contribution < 1.29 is 13.2 Å². The van der Waals surface area contributed by atoms with Crippen molar-refractivity contribution in [2.24, 2.45) is 5.41 Å². The Hall–Kier alpha value is -2.88. The van der Waals surface area contributed by atoms with Gasteiger partial charge in [-0.2, -0.15) is 0 Å². The highest BCUT2D eigenvalue weighted by Gasteiger charge is 2.56. The zero-order chi connectivity index (χ0) is 23.9. The van der Waals surface area contributed by atoms with Crippen molar-refractivity contribution in [3.8, 4) is 22.6 Å². The number of aromatic nitrogens is 2. The molecule has 1 saturated carbocycles. The number of benzene rings is 2. The summed E-state index contributed by atoms with van der Waals surface area (Å²) in [6, 6.07) is 17.0. The van der Waals surface area contributed by atoms with Crippen LogP contribution in [0.3, 0.4) is 0 Å². The zero-order valence-electron chi connectivity index (χ0n) is 18.5. The Bertz CT molecular complexity index is 1260. The van der Waals surface area contributed by atoms with Gasteiger partial charge in [0.05, 0.1) is 11.3 Å². The topological polar surface area (TPSA) is 124 Å². The van der Waals surface area contributed by atoms with Gasteiger partial charge in [-0.25, -0.2) is 22.7 Å². The molecule has 8 nitrogen and oxygen atoms in total. The van der Waals surface area contributed by atoms with Gasteiger partial charge < -0.3 is 16.2 Å². The monoisotopic (exact) mass is 499 g/mol. The molecular weight excluding hydrogens is 474 g/mol. The van der Waals surface area contributed by atoms with Gasteiger partial charge in [0.25, 0.3) is 0 Å². The summed E-state index contributed by atoms with van der Waals surface area (Å²) >= 11 is 5.61. The zero-order valence-corrected chi connectivity index (χ0v) is 20.1. The number of anilines is 2. The number of nitrogens with two attached hydrogens (primary N) is 2. The van der Waals surface area contributed by atoms with E-state index in [1.165, 1.54) is 4.31 Å². The van der Waals surface area contributed by atoms with Gasteiger partial charge in [-0.05, 0) is 48.1 Å². The lowest BCUT2D eigenvalue weighted by molar-refractivity contribution is -0.0276. The highest BCUT2D eigenvalue weighted by molar-refractivity contribution is 7.89. The summed E-state index contributed by atoms with van der Waals surface area (Å²) in [7, 11) is -3.25. The first-order chi connectivity index (χ1) is 16.3. The molecule has 2 heterocycles. The van der Waals surface area contributed by atoms with Gasteiger partial charge in [0.2, 0.25) is 10.0 Å². The minimum absolute atomic E-state index is 0.00416. The molecule has 1 saturated heterocycles. The highest BCUT2D eigenvalue weighted by atomic mass is 35.5. The van der Waals surface area contributed by atoms with Crippen molar-refractivity contribution in [1.82, 2.24) is 14.3 Å². The number of ether oxygens (including phenoxy) is 1. The number of hydrogen-bond acceptors (Lipinski definition) is 7. The first-order valence-electron chi connectivity index (χ1n) is 11.1. The van der Waals surface area contributed by atoms with Crippen LogP contribution in [0.25, 0.3) is 11.1 Å². The van der Waals surface area contributed by atoms with Crippen LogP contribution in [0.15, 0.2) is 54.6 Å². The second-order valence-corrected chi connectivity index (χ2v) is 11.5. The summed E-state index contributed by atoms with van der Waals surface area (Å²) in [6.07, 6.45) is 1.65. The molecule has 1 aromatic heterocycles. The maximum Gasteiger partial charge on any atom is 0.215 e. The lowest BCUT2D eigenvalue weighted by atomic mass is 9.58. The van der Waals surface area contributed by atoms with Gasteiger partial charge in [-0.1, -0.05) is 30.3 Å². The van der Waals surface area contributed by atoms with E-state index in [0.29, 0.717) is 41.9 Å². The number of nitrogen functional groups attached to an aromatic ring is 2. The third kappa shape index (κ3) is 4.31. The number of alkyl halides is 1. The average Bonchev–Trinajstić information content (AvgIpc) is 2.73. The Labute approximate surface area is 204 Å². The SMILES string of the molecule is Nc1nc(C2CC3(C2)CN(S(=O)(=O)CCCl)C3)nc(N)c1-c1ccc(Oc2ccccc2)cc1. The van der Waals surface area contributed by atoms with Gasteiger partial charge in [-0.3, -0.25) is 0 Å². The molecule has 0 unspecified atom stereocenters. The minimum atomic E-state index is -3.25. The summed E-state index contributed by atoms with van der Waals surface area (Å²) in [5.74, 6) is 2.95. The molecule has 2 aliphatic rings. The fourth-order valence-corrected chi connectivity index (χ4v) is 6.84. The maximum absolute atomic E-state index is 12.1. The van der Waals surface area contributed by atoms with Crippen LogP contribution in [0.1, 0.15) is 24.6 Å². The summed E-state index contributed by atoms with van der Waals surface area (Å²) in [6.45, 7) is 1.06. The predicted octanol–water partition coefficient (Wildman–Crippen LogP) is 3.85. The van der Waals surface area contributed by atoms with Crippen molar-refractivity contribution in [3.05, 3.63) is 60.4 Å². The Balaban J connectivity index is 1.25. The third-order valence-corrected chi connectivity index (χ3v) is 8.76. The smallest absolute Gasteiger partial charge is 0.215 e. The minimum Gasteiger partial charge on any atom is -0.457 e. The quantitative estimate of drug-likeness (QED) is 0.473. The second-order valence-electron chi connectivity index (χ2n) is 9.05. The Kier molecular flexibility index (Phi) is 5.87. The van der Waals surface area contributed by atoms with E-state index in [0.717, 1.165) is 24.2 Å². The molecular formula is C24H26ClN5O3S. The first-order valence-corrected chi connectivity index (χ1v) is 13.2. The number of nitrogens with zero attached hydrogens (tertiary/aromatic N) is 3. The highest BCUT2D eigenvalue weighted by Crippen LogP contribution is 2.56. The normalized spacial score (nSPS) is 17.8. The maximum atomic E-state index is 12.1. The van der Waals surface area contributed by atoms with Gasteiger partial charge in [0.15, 0.2) is 0 Å². The lowest BCUT2D eigenvalue weighted by Gasteiger charge is -2.57. The summed E-state index contributed by atoms with van der Waals surface area (Å²) in [5, 5.41) is 0. The molecule has 34 heavy (non-hydrogen) atoms. The van der Waals surface area contributed by atoms with E-state index in [1.54, 1.807) is 0 Å². The predicted molar refractivity (Wildman–Crippen MR) is 133 cm³/mol. The number of rotatable bonds is 7. The standard InChI is InChI=1S/C24H26ClN5O3S/c25-10-11-34(31,32)30-14-24(15-30)12-17(13-24)23-28-21(26)20(22(27)29-23)16-6-8-19(9-7-16)33-18-4-2-1-3-5-18/h1-9,17H,10-15H2,(H4,26,27,28,29). The van der Waals surface area contributed by atoms with Crippen LogP contribution in [0.5, 0.6) is 11.5 Å². The Morgan fingerprint density at radius 1 is 0.971 bits per heavy atom. The van der Waals surface area contributed by atoms with Crippen molar-refractivity contribution in [2.45, 2.75) is 18.8 Å². The summed E-state index contributed by atoms with van der Waals surface area (Å²) < 4.78 is 31.6. The van der Waals surface area contributed by atoms with Crippen LogP contribution in [0.2, 0.25) is 0 Å². The summed E-state index contributed by atoms with van der Waals surface area (Å²) in [5.41, 5.74) is 14.0. The average molecular weight is 500 g/mol. The molecule has 2 aromatic carbocycles. The molecule has 0 amide bonds. The van der Waals surface area contributed by atoms with Crippen LogP contribution >= 0.6 is 11.6 Å². The van der Waals surface area contributed by atoms with Gasteiger partial charge >= 0.3 is 0 Å². The molecule has 3 aromatic rings. The first kappa shape index (κ1) is 22.9. The van der Waals surface area contributed by atoms with Crippen molar-refractivity contribution >= 4 is 33.3 Å². The second kappa shape index (κ2) is 8.72. The molecule has 4 N–H and O–H groups in total. The molecule has 5 rings (SSSR count). The fourth-order valence-electron chi connectivity index (χ4n) is 4.86. The van der Waals surface area contributed by atoms with E-state index in [-0.39, 0.29) is 23.0 Å².